The van der Waals surface area contributed by atoms with Gasteiger partial charge in [-0.25, -0.2) is 9.59 Å². The van der Waals surface area contributed by atoms with Crippen LogP contribution in [0.2, 0.25) is 0 Å². The molecule has 5 nitrogen and oxygen atoms in total. The molecule has 5 heteroatoms. The number of benzene rings is 1. The van der Waals surface area contributed by atoms with E-state index in [4.69, 9.17) is 9.84 Å². The first kappa shape index (κ1) is 19.7. The van der Waals surface area contributed by atoms with E-state index in [-0.39, 0.29) is 22.4 Å². The summed E-state index contributed by atoms with van der Waals surface area (Å²) >= 11 is 0. The summed E-state index contributed by atoms with van der Waals surface area (Å²) in [5.74, 6) is -2.09. The zero-order valence-corrected chi connectivity index (χ0v) is 13.4. The fourth-order valence-corrected chi connectivity index (χ4v) is 1.84. The molecule has 0 atom stereocenters. The highest BCUT2D eigenvalue weighted by atomic mass is 16.5. The normalized spacial score (nSPS) is 9.41. The van der Waals surface area contributed by atoms with E-state index >= 15 is 0 Å². The number of carbonyl (C=O) groups is 2. The van der Waals surface area contributed by atoms with Gasteiger partial charge in [0, 0.05) is 0 Å². The highest BCUT2D eigenvalue weighted by molar-refractivity contribution is 5.98. The molecule has 0 saturated heterocycles. The van der Waals surface area contributed by atoms with Crippen LogP contribution in [0.1, 0.15) is 59.4 Å². The molecule has 1 aromatic rings. The van der Waals surface area contributed by atoms with Gasteiger partial charge in [-0.15, -0.1) is 6.58 Å². The smallest absolute Gasteiger partial charge is 0.339 e. The van der Waals surface area contributed by atoms with Gasteiger partial charge in [-0.2, -0.15) is 0 Å². The minimum absolute atomic E-state index is 0.0155. The summed E-state index contributed by atoms with van der Waals surface area (Å²) in [6, 6.07) is 2.78. The predicted octanol–water partition coefficient (Wildman–Crippen LogP) is 4.15. The Labute approximate surface area is 131 Å². The molecule has 0 aromatic heterocycles. The second kappa shape index (κ2) is 10.4. The number of allylic oxidation sites excluding steroid dienone is 1. The molecular formula is C17H24O5. The third-order valence-electron chi connectivity index (χ3n) is 2.88. The van der Waals surface area contributed by atoms with Crippen LogP contribution in [-0.2, 0) is 0 Å². The Morgan fingerprint density at radius 1 is 1.23 bits per heavy atom. The Hall–Kier alpha value is -2.30. The number of hydrogen-bond acceptors (Lipinski definition) is 3. The molecule has 0 aliphatic rings. The van der Waals surface area contributed by atoms with Crippen molar-refractivity contribution in [2.24, 2.45) is 0 Å². The topological polar surface area (TPSA) is 83.8 Å². The minimum atomic E-state index is -1.17. The summed E-state index contributed by atoms with van der Waals surface area (Å²) in [6.07, 6.45) is 4.65. The number of carboxylic acids is 2. The lowest BCUT2D eigenvalue weighted by Crippen LogP contribution is -2.10. The Balaban J connectivity index is 0.00000135. The van der Waals surface area contributed by atoms with E-state index in [9.17, 15) is 14.7 Å². The minimum Gasteiger partial charge on any atom is -0.493 e. The summed E-state index contributed by atoms with van der Waals surface area (Å²) in [5, 5.41) is 18.2. The van der Waals surface area contributed by atoms with E-state index in [1.807, 2.05) is 6.92 Å². The van der Waals surface area contributed by atoms with Gasteiger partial charge in [-0.1, -0.05) is 25.8 Å². The van der Waals surface area contributed by atoms with Crippen molar-refractivity contribution in [3.8, 4) is 5.75 Å². The molecule has 0 spiro atoms. The molecule has 0 unspecified atom stereocenters. The molecule has 122 valence electrons. The molecular weight excluding hydrogens is 284 g/mol. The molecule has 0 heterocycles. The third-order valence-corrected chi connectivity index (χ3v) is 2.88. The van der Waals surface area contributed by atoms with Crippen molar-refractivity contribution in [2.45, 2.75) is 40.0 Å². The van der Waals surface area contributed by atoms with Crippen LogP contribution in [-0.4, -0.2) is 28.8 Å². The number of rotatable bonds is 7. The largest absolute Gasteiger partial charge is 0.493 e. The van der Waals surface area contributed by atoms with Gasteiger partial charge < -0.3 is 14.9 Å². The first-order chi connectivity index (χ1) is 10.4. The van der Waals surface area contributed by atoms with Crippen molar-refractivity contribution in [1.82, 2.24) is 0 Å². The van der Waals surface area contributed by atoms with Crippen molar-refractivity contribution >= 4 is 11.9 Å². The number of unbranched alkanes of at least 4 members (excludes halogenated alkanes) is 2. The van der Waals surface area contributed by atoms with Gasteiger partial charge >= 0.3 is 11.9 Å². The standard InChI is InChI=1S/C14H18O5.C3H6/c1-3-4-5-8-19-11-7-6-10(13(15)16)9(2)12(11)14(17)18;1-3-2/h6-7H,3-5,8H2,1-2H3,(H,15,16)(H,17,18);3H,1H2,2H3. The van der Waals surface area contributed by atoms with Gasteiger partial charge in [0.25, 0.3) is 0 Å². The summed E-state index contributed by atoms with van der Waals surface area (Å²) in [6.45, 7) is 9.22. The summed E-state index contributed by atoms with van der Waals surface area (Å²) in [4.78, 5) is 22.2. The van der Waals surface area contributed by atoms with Crippen LogP contribution in [0.4, 0.5) is 0 Å². The zero-order valence-electron chi connectivity index (χ0n) is 13.4. The van der Waals surface area contributed by atoms with Crippen LogP contribution in [0.25, 0.3) is 0 Å². The van der Waals surface area contributed by atoms with Crippen LogP contribution < -0.4 is 4.74 Å². The lowest BCUT2D eigenvalue weighted by Gasteiger charge is -2.12. The molecule has 22 heavy (non-hydrogen) atoms. The Morgan fingerprint density at radius 2 is 1.82 bits per heavy atom. The van der Waals surface area contributed by atoms with Gasteiger partial charge in [-0.05, 0) is 38.0 Å². The average Bonchev–Trinajstić information content (AvgIpc) is 2.43. The Kier molecular flexibility index (Phi) is 9.34. The van der Waals surface area contributed by atoms with Crippen LogP contribution in [0.5, 0.6) is 5.75 Å². The number of carboxylic acid groups (broad SMARTS) is 2. The third kappa shape index (κ3) is 5.99. The lowest BCUT2D eigenvalue weighted by atomic mass is 10.0. The molecule has 0 fully saturated rings. The molecule has 0 saturated carbocycles. The van der Waals surface area contributed by atoms with Crippen molar-refractivity contribution in [2.75, 3.05) is 6.61 Å². The van der Waals surface area contributed by atoms with Crippen LogP contribution >= 0.6 is 0 Å². The Morgan fingerprint density at radius 3 is 2.27 bits per heavy atom. The van der Waals surface area contributed by atoms with Crippen LogP contribution in [0.3, 0.4) is 0 Å². The van der Waals surface area contributed by atoms with E-state index < -0.39 is 11.9 Å². The average molecular weight is 308 g/mol. The molecule has 1 rings (SSSR count). The number of aromatic carboxylic acids is 2. The molecule has 0 aliphatic heterocycles. The summed E-state index contributed by atoms with van der Waals surface area (Å²) in [7, 11) is 0. The van der Waals surface area contributed by atoms with Gasteiger partial charge in [-0.3, -0.25) is 0 Å². The second-order valence-corrected chi connectivity index (χ2v) is 4.69. The van der Waals surface area contributed by atoms with E-state index in [1.54, 1.807) is 6.08 Å². The molecule has 0 aliphatic carbocycles. The van der Waals surface area contributed by atoms with Crippen LogP contribution in [0.15, 0.2) is 24.8 Å². The molecule has 0 radical (unpaired) electrons. The highest BCUT2D eigenvalue weighted by Crippen LogP contribution is 2.25. The van der Waals surface area contributed by atoms with Gasteiger partial charge in [0.1, 0.15) is 11.3 Å². The maximum absolute atomic E-state index is 11.2. The van der Waals surface area contributed by atoms with E-state index in [0.717, 1.165) is 19.3 Å². The summed E-state index contributed by atoms with van der Waals surface area (Å²) < 4.78 is 5.44. The number of ether oxygens (including phenoxy) is 1. The molecule has 0 amide bonds. The summed E-state index contributed by atoms with van der Waals surface area (Å²) in [5.41, 5.74) is 0.127. The monoisotopic (exact) mass is 308 g/mol. The van der Waals surface area contributed by atoms with Gasteiger partial charge in [0.15, 0.2) is 0 Å². The van der Waals surface area contributed by atoms with Crippen molar-refractivity contribution in [3.63, 3.8) is 0 Å². The number of hydrogen-bond donors (Lipinski definition) is 2. The van der Waals surface area contributed by atoms with Gasteiger partial charge in [0.2, 0.25) is 0 Å². The Bertz CT molecular complexity index is 520. The maximum Gasteiger partial charge on any atom is 0.339 e. The molecule has 2 N–H and O–H groups in total. The van der Waals surface area contributed by atoms with E-state index in [2.05, 4.69) is 13.5 Å². The fraction of sp³-hybridized carbons (Fsp3) is 0.412. The van der Waals surface area contributed by atoms with Crippen LogP contribution in [0, 0.1) is 6.92 Å². The fourth-order valence-electron chi connectivity index (χ4n) is 1.84. The molecule has 1 aromatic carbocycles. The van der Waals surface area contributed by atoms with Crippen molar-refractivity contribution in [1.29, 1.82) is 0 Å². The first-order valence-corrected chi connectivity index (χ1v) is 7.20. The van der Waals surface area contributed by atoms with Crippen molar-refractivity contribution < 1.29 is 24.5 Å². The first-order valence-electron chi connectivity index (χ1n) is 7.20. The predicted molar refractivity (Wildman–Crippen MR) is 86.0 cm³/mol. The van der Waals surface area contributed by atoms with Crippen molar-refractivity contribution in [3.05, 3.63) is 41.5 Å². The lowest BCUT2D eigenvalue weighted by molar-refractivity contribution is 0.0691. The van der Waals surface area contributed by atoms with E-state index in [1.165, 1.54) is 19.1 Å². The zero-order chi connectivity index (χ0) is 17.1. The van der Waals surface area contributed by atoms with E-state index in [0.29, 0.717) is 6.61 Å². The van der Waals surface area contributed by atoms with Gasteiger partial charge in [0.05, 0.1) is 12.2 Å². The maximum atomic E-state index is 11.2. The SMILES string of the molecule is C=CC.CCCCCOc1ccc(C(=O)O)c(C)c1C(=O)O. The highest BCUT2D eigenvalue weighted by Gasteiger charge is 2.20. The molecule has 0 bridgehead atoms. The quantitative estimate of drug-likeness (QED) is 0.584. The second-order valence-electron chi connectivity index (χ2n) is 4.69.